The second-order valence-corrected chi connectivity index (χ2v) is 20.2. The molecule has 0 aromatic heterocycles. The molecule has 1 saturated carbocycles. The quantitative estimate of drug-likeness (QED) is 0.0131. The molecule has 0 spiro atoms. The summed E-state index contributed by atoms with van der Waals surface area (Å²) in [5.41, 5.74) is 0. The lowest BCUT2D eigenvalue weighted by Crippen LogP contribution is -2.29. The lowest BCUT2D eigenvalue weighted by atomic mass is 9.89. The zero-order valence-corrected chi connectivity index (χ0v) is 40.2. The van der Waals surface area contributed by atoms with Crippen LogP contribution < -0.4 is 0 Å². The van der Waals surface area contributed by atoms with E-state index in [1.165, 1.54) is 76.7 Å². The Morgan fingerprint density at radius 2 is 1.21 bits per heavy atom. The normalized spacial score (nSPS) is 20.7. The van der Waals surface area contributed by atoms with Gasteiger partial charge in [0, 0.05) is 18.8 Å². The highest BCUT2D eigenvalue weighted by atomic mass is 31.2. The van der Waals surface area contributed by atoms with Gasteiger partial charge in [-0.3, -0.25) is 23.2 Å². The summed E-state index contributed by atoms with van der Waals surface area (Å²) < 4.78 is 47.8. The van der Waals surface area contributed by atoms with E-state index in [4.69, 9.17) is 23.8 Å². The average Bonchev–Trinajstić information content (AvgIpc) is 3.49. The number of ether oxygens (including phenoxy) is 2. The first-order chi connectivity index (χ1) is 29.9. The number of phosphoric ester groups is 2. The third-order valence-corrected chi connectivity index (χ3v) is 12.5. The lowest BCUT2D eigenvalue weighted by Gasteiger charge is -2.20. The number of carbonyl (C=O) groups is 2. The SMILES string of the molecule is CCCCC[C@@H](O)/C=C/[C@@H]1[C@H](C/C=C\CC(=O)O[C@H](COC(=O)CCCCCCCCCCCCCCCCCC(C)C)COP(=O)(O)OC[C@@H](O)COP(=O)(O)O)[C@@H](O)C[C@H]1O. The molecule has 0 saturated heterocycles. The van der Waals surface area contributed by atoms with E-state index in [-0.39, 0.29) is 25.2 Å². The Balaban J connectivity index is 2.55. The second kappa shape index (κ2) is 35.6. The molecule has 63 heavy (non-hydrogen) atoms. The van der Waals surface area contributed by atoms with Crippen molar-refractivity contribution < 1.29 is 76.9 Å². The molecule has 1 fully saturated rings. The molecule has 18 heteroatoms. The van der Waals surface area contributed by atoms with E-state index in [1.54, 1.807) is 18.2 Å². The summed E-state index contributed by atoms with van der Waals surface area (Å²) in [6.45, 7) is 3.63. The van der Waals surface area contributed by atoms with E-state index < -0.39 is 90.4 Å². The van der Waals surface area contributed by atoms with Crippen LogP contribution in [0.25, 0.3) is 0 Å². The van der Waals surface area contributed by atoms with Crippen LogP contribution in [0.15, 0.2) is 24.3 Å². The maximum atomic E-state index is 12.8. The molecule has 1 aliphatic carbocycles. The van der Waals surface area contributed by atoms with Crippen molar-refractivity contribution in [3.63, 3.8) is 0 Å². The summed E-state index contributed by atoms with van der Waals surface area (Å²) in [7, 11) is -9.81. The minimum atomic E-state index is -4.91. The Kier molecular flexibility index (Phi) is 33.7. The van der Waals surface area contributed by atoms with E-state index >= 15 is 0 Å². The lowest BCUT2D eigenvalue weighted by molar-refractivity contribution is -0.160. The van der Waals surface area contributed by atoms with Gasteiger partial charge in [0.15, 0.2) is 6.10 Å². The van der Waals surface area contributed by atoms with Crippen LogP contribution in [0.2, 0.25) is 0 Å². The number of hydrogen-bond donors (Lipinski definition) is 7. The first-order valence-electron chi connectivity index (χ1n) is 23.6. The molecule has 0 aromatic carbocycles. The van der Waals surface area contributed by atoms with Gasteiger partial charge in [0.2, 0.25) is 0 Å². The molecule has 0 radical (unpaired) electrons. The first-order valence-corrected chi connectivity index (χ1v) is 26.7. The highest BCUT2D eigenvalue weighted by molar-refractivity contribution is 7.47. The van der Waals surface area contributed by atoms with Crippen LogP contribution in [0.4, 0.5) is 0 Å². The number of esters is 2. The fourth-order valence-electron chi connectivity index (χ4n) is 7.45. The summed E-state index contributed by atoms with van der Waals surface area (Å²) in [5, 5.41) is 41.2. The molecule has 0 heterocycles. The molecule has 1 unspecified atom stereocenters. The zero-order chi connectivity index (χ0) is 46.9. The van der Waals surface area contributed by atoms with Crippen LogP contribution in [-0.2, 0) is 41.8 Å². The molecular weight excluding hydrogens is 858 g/mol. The summed E-state index contributed by atoms with van der Waals surface area (Å²) >= 11 is 0. The Morgan fingerprint density at radius 1 is 0.667 bits per heavy atom. The fraction of sp³-hybridized carbons (Fsp3) is 0.867. The van der Waals surface area contributed by atoms with Crippen molar-refractivity contribution in [3.05, 3.63) is 24.3 Å². The fourth-order valence-corrected chi connectivity index (χ4v) is 8.61. The van der Waals surface area contributed by atoms with Gasteiger partial charge in [-0.15, -0.1) is 0 Å². The predicted molar refractivity (Wildman–Crippen MR) is 241 cm³/mol. The van der Waals surface area contributed by atoms with Gasteiger partial charge in [0.05, 0.1) is 44.6 Å². The first kappa shape index (κ1) is 59.5. The van der Waals surface area contributed by atoms with Gasteiger partial charge in [-0.2, -0.15) is 0 Å². The van der Waals surface area contributed by atoms with E-state index in [0.717, 1.165) is 50.9 Å². The van der Waals surface area contributed by atoms with Crippen molar-refractivity contribution in [1.29, 1.82) is 0 Å². The van der Waals surface area contributed by atoms with Crippen molar-refractivity contribution in [2.45, 2.75) is 205 Å². The van der Waals surface area contributed by atoms with Crippen molar-refractivity contribution >= 4 is 27.6 Å². The average molecular weight is 943 g/mol. The standard InChI is InChI=1S/C45H84O16P2/c1-4-5-19-25-37(46)29-30-41-40(42(48)31-43(41)49)26-22-23-28-45(51)61-39(35-60-63(55,56)59-33-38(47)32-58-62(52,53)54)34-57-44(50)27-21-18-16-14-12-10-8-6-7-9-11-13-15-17-20-24-36(2)3/h22-23,29-30,36-43,46-49H,4-21,24-28,31-35H2,1-3H3,(H,55,56)(H2,52,53,54)/b23-22-,30-29+/t37-,38+,39-,40+,41-,42+,43-/m1/s1. The second-order valence-electron chi connectivity index (χ2n) is 17.5. The van der Waals surface area contributed by atoms with Gasteiger partial charge in [0.1, 0.15) is 12.7 Å². The van der Waals surface area contributed by atoms with Gasteiger partial charge < -0.3 is 44.6 Å². The topological polar surface area (TPSA) is 256 Å². The van der Waals surface area contributed by atoms with Gasteiger partial charge in [-0.05, 0) is 31.1 Å². The minimum absolute atomic E-state index is 0.133. The molecule has 8 atom stereocenters. The van der Waals surface area contributed by atoms with E-state index in [2.05, 4.69) is 29.8 Å². The van der Waals surface area contributed by atoms with Crippen LogP contribution in [0.3, 0.4) is 0 Å². The summed E-state index contributed by atoms with van der Waals surface area (Å²) in [6.07, 6.45) is 24.5. The Hall–Kier alpha value is -1.52. The molecule has 1 aliphatic rings. The molecule has 0 amide bonds. The molecule has 1 rings (SSSR count). The molecule has 0 aromatic rings. The van der Waals surface area contributed by atoms with Crippen LogP contribution in [0.1, 0.15) is 175 Å². The highest BCUT2D eigenvalue weighted by Gasteiger charge is 2.39. The summed E-state index contributed by atoms with van der Waals surface area (Å²) in [4.78, 5) is 53.1. The number of hydrogen-bond acceptors (Lipinski definition) is 13. The number of carbonyl (C=O) groups excluding carboxylic acids is 2. The summed E-state index contributed by atoms with van der Waals surface area (Å²) in [5.74, 6) is -1.26. The van der Waals surface area contributed by atoms with Gasteiger partial charge in [0.25, 0.3) is 0 Å². The monoisotopic (exact) mass is 943 g/mol. The van der Waals surface area contributed by atoms with Crippen molar-refractivity contribution in [2.75, 3.05) is 26.4 Å². The van der Waals surface area contributed by atoms with E-state index in [9.17, 15) is 44.0 Å². The van der Waals surface area contributed by atoms with Gasteiger partial charge >= 0.3 is 27.6 Å². The van der Waals surface area contributed by atoms with E-state index in [1.807, 2.05) is 0 Å². The van der Waals surface area contributed by atoms with Gasteiger partial charge in [-0.25, -0.2) is 9.13 Å². The Bertz CT molecular complexity index is 1340. The van der Waals surface area contributed by atoms with Crippen molar-refractivity contribution in [1.82, 2.24) is 0 Å². The number of rotatable bonds is 40. The van der Waals surface area contributed by atoms with Crippen LogP contribution in [0.5, 0.6) is 0 Å². The van der Waals surface area contributed by atoms with E-state index in [0.29, 0.717) is 19.3 Å². The number of aliphatic hydroxyl groups excluding tert-OH is 4. The third kappa shape index (κ3) is 33.6. The minimum Gasteiger partial charge on any atom is -0.462 e. The highest BCUT2D eigenvalue weighted by Crippen LogP contribution is 2.44. The van der Waals surface area contributed by atoms with Crippen LogP contribution >= 0.6 is 15.6 Å². The number of phosphoric acid groups is 2. The van der Waals surface area contributed by atoms with Crippen molar-refractivity contribution in [3.8, 4) is 0 Å². The zero-order valence-electron chi connectivity index (χ0n) is 38.4. The summed E-state index contributed by atoms with van der Waals surface area (Å²) in [6, 6.07) is 0. The Labute approximate surface area is 377 Å². The Morgan fingerprint density at radius 3 is 1.78 bits per heavy atom. The number of aliphatic hydroxyl groups is 4. The maximum absolute atomic E-state index is 12.8. The predicted octanol–water partition coefficient (Wildman–Crippen LogP) is 8.52. The largest absolute Gasteiger partial charge is 0.472 e. The number of unbranched alkanes of at least 4 members (excludes halogenated alkanes) is 16. The van der Waals surface area contributed by atoms with Crippen LogP contribution in [0, 0.1) is 17.8 Å². The number of allylic oxidation sites excluding steroid dienone is 1. The molecule has 0 bridgehead atoms. The molecule has 0 aliphatic heterocycles. The van der Waals surface area contributed by atoms with Crippen molar-refractivity contribution in [2.24, 2.45) is 17.8 Å². The molecular formula is C45H84O16P2. The molecule has 16 nitrogen and oxygen atoms in total. The molecule has 370 valence electrons. The third-order valence-electron chi connectivity index (χ3n) is 11.1. The maximum Gasteiger partial charge on any atom is 0.472 e. The van der Waals surface area contributed by atoms with Crippen LogP contribution in [-0.4, -0.2) is 104 Å². The molecule has 7 N–H and O–H groups in total. The smallest absolute Gasteiger partial charge is 0.462 e. The van der Waals surface area contributed by atoms with Gasteiger partial charge in [-0.1, -0.05) is 161 Å².